The van der Waals surface area contributed by atoms with Gasteiger partial charge in [-0.05, 0) is 6.92 Å². The van der Waals surface area contributed by atoms with Gasteiger partial charge in [0.05, 0.1) is 7.11 Å². The Labute approximate surface area is 93.7 Å². The minimum Gasteiger partial charge on any atom is -0.464 e. The van der Waals surface area contributed by atoms with Crippen LogP contribution in [0.15, 0.2) is 0 Å². The monoisotopic (exact) mass is 228 g/mol. The summed E-state index contributed by atoms with van der Waals surface area (Å²) in [5, 5.41) is 4.17. The number of hydrogen-bond acceptors (Lipinski definition) is 5. The predicted molar refractivity (Wildman–Crippen MR) is 60.2 cm³/mol. The van der Waals surface area contributed by atoms with Crippen LogP contribution in [0.25, 0.3) is 0 Å². The van der Waals surface area contributed by atoms with Crippen LogP contribution in [-0.2, 0) is 11.3 Å². The van der Waals surface area contributed by atoms with E-state index in [1.807, 2.05) is 6.92 Å². The van der Waals surface area contributed by atoms with Crippen molar-refractivity contribution in [3.8, 4) is 0 Å². The van der Waals surface area contributed by atoms with Gasteiger partial charge in [-0.25, -0.2) is 9.78 Å². The highest BCUT2D eigenvalue weighted by atomic mass is 32.1. The normalized spacial score (nSPS) is 10.7. The topological polar surface area (TPSA) is 51.2 Å². The van der Waals surface area contributed by atoms with Crippen LogP contribution >= 0.6 is 11.3 Å². The van der Waals surface area contributed by atoms with E-state index in [-0.39, 0.29) is 5.97 Å². The van der Waals surface area contributed by atoms with Gasteiger partial charge in [0.25, 0.3) is 0 Å². The van der Waals surface area contributed by atoms with Crippen molar-refractivity contribution in [2.75, 3.05) is 7.11 Å². The number of nitrogens with zero attached hydrogens (tertiary/aromatic N) is 1. The van der Waals surface area contributed by atoms with E-state index in [0.29, 0.717) is 18.3 Å². The largest absolute Gasteiger partial charge is 0.464 e. The number of rotatable bonds is 4. The Morgan fingerprint density at radius 1 is 1.60 bits per heavy atom. The van der Waals surface area contributed by atoms with E-state index >= 15 is 0 Å². The second-order valence-corrected chi connectivity index (χ2v) is 4.83. The zero-order valence-corrected chi connectivity index (χ0v) is 10.3. The van der Waals surface area contributed by atoms with Crippen LogP contribution in [0.3, 0.4) is 0 Å². The Bertz CT molecular complexity index is 347. The minimum atomic E-state index is -0.362. The SMILES string of the molecule is COC(=O)c1nc(CNC(C)C)sc1C. The molecule has 0 aliphatic carbocycles. The van der Waals surface area contributed by atoms with Crippen LogP contribution < -0.4 is 5.32 Å². The standard InChI is InChI=1S/C10H16N2O2S/c1-6(2)11-5-8-12-9(7(3)15-8)10(13)14-4/h6,11H,5H2,1-4H3. The second-order valence-electron chi connectivity index (χ2n) is 3.54. The molecule has 15 heavy (non-hydrogen) atoms. The van der Waals surface area contributed by atoms with Crippen LogP contribution in [0, 0.1) is 6.92 Å². The van der Waals surface area contributed by atoms with Gasteiger partial charge >= 0.3 is 5.97 Å². The third-order valence-electron chi connectivity index (χ3n) is 1.88. The fraction of sp³-hybridized carbons (Fsp3) is 0.600. The first kappa shape index (κ1) is 12.1. The average molecular weight is 228 g/mol. The molecule has 0 atom stereocenters. The van der Waals surface area contributed by atoms with Gasteiger partial charge in [-0.15, -0.1) is 11.3 Å². The molecule has 0 radical (unpaired) electrons. The molecule has 5 heteroatoms. The summed E-state index contributed by atoms with van der Waals surface area (Å²) in [5.74, 6) is -0.362. The van der Waals surface area contributed by atoms with E-state index in [4.69, 9.17) is 0 Å². The highest BCUT2D eigenvalue weighted by molar-refractivity contribution is 7.11. The maximum Gasteiger partial charge on any atom is 0.357 e. The summed E-state index contributed by atoms with van der Waals surface area (Å²) in [6.45, 7) is 6.71. The Hall–Kier alpha value is -0.940. The molecule has 1 rings (SSSR count). The summed E-state index contributed by atoms with van der Waals surface area (Å²) in [6.07, 6.45) is 0. The molecule has 0 unspecified atom stereocenters. The number of nitrogens with one attached hydrogen (secondary N) is 1. The minimum absolute atomic E-state index is 0.362. The molecule has 1 aromatic rings. The summed E-state index contributed by atoms with van der Waals surface area (Å²) >= 11 is 1.53. The molecule has 0 aromatic carbocycles. The third-order valence-corrected chi connectivity index (χ3v) is 2.85. The lowest BCUT2D eigenvalue weighted by atomic mass is 10.4. The van der Waals surface area contributed by atoms with Crippen LogP contribution in [-0.4, -0.2) is 24.1 Å². The lowest BCUT2D eigenvalue weighted by Crippen LogP contribution is -2.21. The number of aromatic nitrogens is 1. The first-order valence-electron chi connectivity index (χ1n) is 4.82. The fourth-order valence-electron chi connectivity index (χ4n) is 1.10. The van der Waals surface area contributed by atoms with Crippen molar-refractivity contribution in [3.63, 3.8) is 0 Å². The number of methoxy groups -OCH3 is 1. The molecule has 0 fully saturated rings. The molecular weight excluding hydrogens is 212 g/mol. The summed E-state index contributed by atoms with van der Waals surface area (Å²) < 4.78 is 4.64. The maximum atomic E-state index is 11.3. The van der Waals surface area contributed by atoms with Crippen molar-refractivity contribution >= 4 is 17.3 Å². The van der Waals surface area contributed by atoms with Gasteiger partial charge in [-0.1, -0.05) is 13.8 Å². The number of ether oxygens (including phenoxy) is 1. The third kappa shape index (κ3) is 3.28. The van der Waals surface area contributed by atoms with Crippen LogP contribution in [0.1, 0.15) is 34.2 Å². The van der Waals surface area contributed by atoms with Crippen molar-refractivity contribution in [2.45, 2.75) is 33.4 Å². The van der Waals surface area contributed by atoms with Crippen molar-refractivity contribution < 1.29 is 9.53 Å². The van der Waals surface area contributed by atoms with E-state index in [1.165, 1.54) is 18.4 Å². The van der Waals surface area contributed by atoms with Crippen molar-refractivity contribution in [1.29, 1.82) is 0 Å². The van der Waals surface area contributed by atoms with E-state index in [2.05, 4.69) is 28.9 Å². The first-order chi connectivity index (χ1) is 7.04. The van der Waals surface area contributed by atoms with Gasteiger partial charge in [0.1, 0.15) is 5.01 Å². The quantitative estimate of drug-likeness (QED) is 0.797. The van der Waals surface area contributed by atoms with Gasteiger partial charge in [-0.3, -0.25) is 0 Å². The van der Waals surface area contributed by atoms with Crippen LogP contribution in [0.2, 0.25) is 0 Å². The summed E-state index contributed by atoms with van der Waals surface area (Å²) in [7, 11) is 1.37. The Morgan fingerprint density at radius 2 is 2.27 bits per heavy atom. The highest BCUT2D eigenvalue weighted by Crippen LogP contribution is 2.18. The molecule has 0 bridgehead atoms. The predicted octanol–water partition coefficient (Wildman–Crippen LogP) is 1.74. The van der Waals surface area contributed by atoms with E-state index < -0.39 is 0 Å². The first-order valence-corrected chi connectivity index (χ1v) is 5.64. The maximum absolute atomic E-state index is 11.3. The summed E-state index contributed by atoms with van der Waals surface area (Å²) in [5.41, 5.74) is 0.433. The van der Waals surface area contributed by atoms with Gasteiger partial charge in [0, 0.05) is 17.5 Å². The molecule has 0 aliphatic heterocycles. The Balaban J connectivity index is 2.72. The van der Waals surface area contributed by atoms with Gasteiger partial charge in [0.15, 0.2) is 5.69 Å². The van der Waals surface area contributed by atoms with Gasteiger partial charge in [0.2, 0.25) is 0 Å². The van der Waals surface area contributed by atoms with Crippen molar-refractivity contribution in [3.05, 3.63) is 15.6 Å². The molecule has 1 aromatic heterocycles. The Kier molecular flexibility index (Phi) is 4.23. The van der Waals surface area contributed by atoms with E-state index in [0.717, 1.165) is 9.88 Å². The van der Waals surface area contributed by atoms with Crippen LogP contribution in [0.5, 0.6) is 0 Å². The van der Waals surface area contributed by atoms with Gasteiger partial charge in [-0.2, -0.15) is 0 Å². The number of thiazole rings is 1. The molecule has 4 nitrogen and oxygen atoms in total. The summed E-state index contributed by atoms with van der Waals surface area (Å²) in [6, 6.07) is 0.413. The average Bonchev–Trinajstić information content (AvgIpc) is 2.55. The zero-order valence-electron chi connectivity index (χ0n) is 9.46. The highest BCUT2D eigenvalue weighted by Gasteiger charge is 2.15. The lowest BCUT2D eigenvalue weighted by Gasteiger charge is -2.04. The number of carbonyl (C=O) groups is 1. The smallest absolute Gasteiger partial charge is 0.357 e. The molecule has 0 spiro atoms. The number of carbonyl (C=O) groups excluding carboxylic acids is 1. The number of hydrogen-bond donors (Lipinski definition) is 1. The van der Waals surface area contributed by atoms with E-state index in [1.54, 1.807) is 0 Å². The molecule has 1 heterocycles. The summed E-state index contributed by atoms with van der Waals surface area (Å²) in [4.78, 5) is 16.4. The number of esters is 1. The molecule has 0 amide bonds. The Morgan fingerprint density at radius 3 is 2.80 bits per heavy atom. The van der Waals surface area contributed by atoms with E-state index in [9.17, 15) is 4.79 Å². The molecule has 0 aliphatic rings. The van der Waals surface area contributed by atoms with Crippen molar-refractivity contribution in [1.82, 2.24) is 10.3 Å². The molecular formula is C10H16N2O2S. The lowest BCUT2D eigenvalue weighted by molar-refractivity contribution is 0.0594. The van der Waals surface area contributed by atoms with Gasteiger partial charge < -0.3 is 10.1 Å². The number of aryl methyl sites for hydroxylation is 1. The molecule has 0 saturated carbocycles. The van der Waals surface area contributed by atoms with Crippen LogP contribution in [0.4, 0.5) is 0 Å². The van der Waals surface area contributed by atoms with Crippen molar-refractivity contribution in [2.24, 2.45) is 0 Å². The fourth-order valence-corrected chi connectivity index (χ4v) is 1.98. The molecule has 1 N–H and O–H groups in total. The second kappa shape index (κ2) is 5.23. The zero-order chi connectivity index (χ0) is 11.4. The molecule has 84 valence electrons. The molecule has 0 saturated heterocycles.